The number of benzene rings is 2. The fraction of sp³-hybridized carbons (Fsp3) is 0.320. The molecule has 18 heteroatoms. The van der Waals surface area contributed by atoms with Gasteiger partial charge in [0.05, 0.1) is 34.4 Å². The van der Waals surface area contributed by atoms with Crippen molar-refractivity contribution < 1.29 is 50.5 Å². The highest BCUT2D eigenvalue weighted by molar-refractivity contribution is 7.90. The number of hydrazine groups is 1. The summed E-state index contributed by atoms with van der Waals surface area (Å²) in [7, 11) is -3.35. The molecule has 0 radical (unpaired) electrons. The maximum atomic E-state index is 13.4. The summed E-state index contributed by atoms with van der Waals surface area (Å²) in [6.45, 7) is 3.45. The lowest BCUT2D eigenvalue weighted by Gasteiger charge is -2.13. The van der Waals surface area contributed by atoms with Crippen molar-refractivity contribution in [3.8, 4) is 16.9 Å². The Bertz CT molecular complexity index is 1570. The van der Waals surface area contributed by atoms with Crippen LogP contribution in [0.25, 0.3) is 16.9 Å². The molecule has 0 bridgehead atoms. The Morgan fingerprint density at radius 3 is 2.35 bits per heavy atom. The van der Waals surface area contributed by atoms with Crippen molar-refractivity contribution in [2.75, 3.05) is 20.4 Å². The van der Waals surface area contributed by atoms with Crippen LogP contribution in [0.15, 0.2) is 64.8 Å². The number of sulfonamides is 1. The van der Waals surface area contributed by atoms with E-state index in [2.05, 4.69) is 24.7 Å². The summed E-state index contributed by atoms with van der Waals surface area (Å²) in [6, 6.07) is 12.2. The van der Waals surface area contributed by atoms with Crippen LogP contribution in [0, 0.1) is 12.1 Å². The van der Waals surface area contributed by atoms with Gasteiger partial charge in [-0.1, -0.05) is 29.8 Å². The molecular formula is C25H27F3N6O8S. The number of alkyl halides is 3. The van der Waals surface area contributed by atoms with Crippen LogP contribution in [-0.4, -0.2) is 66.7 Å². The number of rotatable bonds is 11. The normalized spacial score (nSPS) is 12.1. The summed E-state index contributed by atoms with van der Waals surface area (Å²) in [5, 5.41) is 19.2. The number of aryl methyl sites for hydroxylation is 1. The molecule has 0 aliphatic rings. The zero-order chi connectivity index (χ0) is 31.9. The van der Waals surface area contributed by atoms with E-state index in [0.717, 1.165) is 35.5 Å². The second-order valence-electron chi connectivity index (χ2n) is 9.17. The molecule has 3 aromatic rings. The first-order chi connectivity index (χ1) is 20.1. The highest BCUT2D eigenvalue weighted by Gasteiger charge is 2.35. The smallest absolute Gasteiger partial charge is 0.511 e. The third-order valence-corrected chi connectivity index (χ3v) is 6.73. The van der Waals surface area contributed by atoms with Crippen LogP contribution < -0.4 is 4.72 Å². The average Bonchev–Trinajstić information content (AvgIpc) is 3.37. The monoisotopic (exact) mass is 628 g/mol. The van der Waals surface area contributed by atoms with Crippen LogP contribution in [-0.2, 0) is 35.3 Å². The van der Waals surface area contributed by atoms with Gasteiger partial charge in [-0.25, -0.2) is 22.6 Å². The summed E-state index contributed by atoms with van der Waals surface area (Å²) < 4.78 is 77.8. The first-order valence-electron chi connectivity index (χ1n) is 12.3. The SMILES string of the molecule is Cc1ccc(-c2cc(C(F)(F)F)nn2-c2ccc(S(=O)(=O)NC(=O)CN(C)/[N+]([O-])=N/OCOC(=O)OC(C)C)cc2)cc1. The predicted molar refractivity (Wildman–Crippen MR) is 141 cm³/mol. The third kappa shape index (κ3) is 9.06. The molecule has 3 rings (SSSR count). The number of likely N-dealkylation sites (N-methyl/N-ethyl adjacent to an activating group) is 1. The summed E-state index contributed by atoms with van der Waals surface area (Å²) in [6.07, 6.45) is -6.23. The Morgan fingerprint density at radius 2 is 1.77 bits per heavy atom. The third-order valence-electron chi connectivity index (χ3n) is 5.34. The average molecular weight is 629 g/mol. The van der Waals surface area contributed by atoms with Gasteiger partial charge in [-0.2, -0.15) is 18.3 Å². The Hall–Kier alpha value is -4.87. The molecule has 0 spiro atoms. The van der Waals surface area contributed by atoms with E-state index in [1.54, 1.807) is 42.8 Å². The first-order valence-corrected chi connectivity index (χ1v) is 13.8. The lowest BCUT2D eigenvalue weighted by molar-refractivity contribution is -0.704. The van der Waals surface area contributed by atoms with Crippen LogP contribution in [0.4, 0.5) is 18.0 Å². The van der Waals surface area contributed by atoms with Crippen LogP contribution >= 0.6 is 0 Å². The summed E-state index contributed by atoms with van der Waals surface area (Å²) in [4.78, 5) is 27.4. The Labute approximate surface area is 243 Å². The molecule has 1 aromatic heterocycles. The van der Waals surface area contributed by atoms with Gasteiger partial charge in [0.1, 0.15) is 0 Å². The van der Waals surface area contributed by atoms with Gasteiger partial charge >= 0.3 is 12.3 Å². The Kier molecular flexibility index (Phi) is 10.2. The largest absolute Gasteiger partial charge is 0.569 e. The molecule has 0 atom stereocenters. The number of hydrogen-bond acceptors (Lipinski definition) is 10. The van der Waals surface area contributed by atoms with E-state index in [1.165, 1.54) is 12.1 Å². The number of carbonyl (C=O) groups is 2. The van der Waals surface area contributed by atoms with Crippen LogP contribution in [0.1, 0.15) is 25.1 Å². The minimum atomic E-state index is -4.72. The molecule has 0 unspecified atom stereocenters. The molecule has 0 aliphatic heterocycles. The van der Waals surface area contributed by atoms with Gasteiger partial charge in [0.2, 0.25) is 5.28 Å². The van der Waals surface area contributed by atoms with E-state index >= 15 is 0 Å². The fourth-order valence-corrected chi connectivity index (χ4v) is 4.34. The van der Waals surface area contributed by atoms with Crippen molar-refractivity contribution in [2.45, 2.75) is 37.9 Å². The second kappa shape index (κ2) is 13.4. The Morgan fingerprint density at radius 1 is 1.14 bits per heavy atom. The standard InChI is InChI=1S/C25H27F3N6O8S/c1-16(2)42-24(36)40-15-41-31-34(37)32(4)14-23(35)30-43(38,39)20-11-9-19(10-12-20)33-21(13-22(29-33)25(26,27)28)18-7-5-17(3)6-8-18/h5-13,16H,14-15H2,1-4H3,(H,30,35)/b34-31-. The van der Waals surface area contributed by atoms with E-state index < -0.39 is 53.4 Å². The quantitative estimate of drug-likeness (QED) is 0.0820. The number of halogens is 3. The van der Waals surface area contributed by atoms with Crippen LogP contribution in [0.5, 0.6) is 0 Å². The number of ether oxygens (including phenoxy) is 2. The van der Waals surface area contributed by atoms with Gasteiger partial charge in [-0.05, 0) is 51.1 Å². The molecule has 0 saturated heterocycles. The predicted octanol–water partition coefficient (Wildman–Crippen LogP) is 3.93. The molecule has 0 aliphatic carbocycles. The Balaban J connectivity index is 1.68. The minimum absolute atomic E-state index is 0.123. The number of aromatic nitrogens is 2. The summed E-state index contributed by atoms with van der Waals surface area (Å²) in [5.74, 6) is -1.12. The highest BCUT2D eigenvalue weighted by Crippen LogP contribution is 2.33. The van der Waals surface area contributed by atoms with Gasteiger partial charge in [-0.15, -0.1) is 5.01 Å². The van der Waals surface area contributed by atoms with E-state index in [9.17, 15) is 36.4 Å². The van der Waals surface area contributed by atoms with Crippen LogP contribution in [0.2, 0.25) is 0 Å². The highest BCUT2D eigenvalue weighted by atomic mass is 32.2. The molecule has 14 nitrogen and oxygen atoms in total. The molecule has 1 amide bonds. The van der Waals surface area contributed by atoms with E-state index in [0.29, 0.717) is 10.6 Å². The van der Waals surface area contributed by atoms with Gasteiger partial charge in [-0.3, -0.25) is 4.79 Å². The molecule has 43 heavy (non-hydrogen) atoms. The maximum Gasteiger partial charge on any atom is 0.511 e. The molecule has 1 N–H and O–H groups in total. The number of nitrogens with one attached hydrogen (secondary N) is 1. The van der Waals surface area contributed by atoms with Crippen molar-refractivity contribution in [2.24, 2.45) is 5.28 Å². The zero-order valence-electron chi connectivity index (χ0n) is 23.2. The van der Waals surface area contributed by atoms with Crippen molar-refractivity contribution in [3.63, 3.8) is 0 Å². The lowest BCUT2D eigenvalue weighted by Crippen LogP contribution is -2.40. The number of carbonyl (C=O) groups excluding carboxylic acids is 2. The van der Waals surface area contributed by atoms with E-state index in [1.807, 2.05) is 6.92 Å². The molecule has 232 valence electrons. The van der Waals surface area contributed by atoms with Gasteiger partial charge in [0.25, 0.3) is 22.7 Å². The first kappa shape index (κ1) is 32.6. The topological polar surface area (TPSA) is 167 Å². The second-order valence-corrected chi connectivity index (χ2v) is 10.9. The van der Waals surface area contributed by atoms with Gasteiger partial charge in [0.15, 0.2) is 12.2 Å². The molecular weight excluding hydrogens is 601 g/mol. The lowest BCUT2D eigenvalue weighted by atomic mass is 10.1. The number of amides is 1. The van der Waals surface area contributed by atoms with Crippen molar-refractivity contribution >= 4 is 22.1 Å². The molecule has 0 saturated carbocycles. The van der Waals surface area contributed by atoms with Crippen LogP contribution in [0.3, 0.4) is 0 Å². The zero-order valence-corrected chi connectivity index (χ0v) is 24.0. The van der Waals surface area contributed by atoms with E-state index in [-0.39, 0.29) is 21.2 Å². The molecule has 0 fully saturated rings. The number of nitrogens with zero attached hydrogens (tertiary/aromatic N) is 5. The van der Waals surface area contributed by atoms with Gasteiger partial charge in [0, 0.05) is 5.56 Å². The molecule has 2 aromatic carbocycles. The van der Waals surface area contributed by atoms with Crippen molar-refractivity contribution in [1.82, 2.24) is 19.5 Å². The summed E-state index contributed by atoms with van der Waals surface area (Å²) >= 11 is 0. The van der Waals surface area contributed by atoms with Gasteiger partial charge < -0.3 is 19.5 Å². The van der Waals surface area contributed by atoms with Crippen molar-refractivity contribution in [3.05, 3.63) is 71.1 Å². The number of hydrogen-bond donors (Lipinski definition) is 1. The maximum absolute atomic E-state index is 13.4. The van der Waals surface area contributed by atoms with E-state index in [4.69, 9.17) is 0 Å². The minimum Gasteiger partial charge on any atom is -0.569 e. The fourth-order valence-electron chi connectivity index (χ4n) is 3.36. The molecule has 1 heterocycles. The van der Waals surface area contributed by atoms with Crippen molar-refractivity contribution in [1.29, 1.82) is 0 Å². The summed E-state index contributed by atoms with van der Waals surface area (Å²) in [5.41, 5.74) is 0.461.